The average molecular weight is 458 g/mol. The molecule has 0 saturated carbocycles. The molecule has 1 amide bonds. The average Bonchev–Trinajstić information content (AvgIpc) is 2.51. The Bertz CT molecular complexity index is 550. The van der Waals surface area contributed by atoms with Crippen LogP contribution in [0.4, 0.5) is 13.2 Å². The van der Waals surface area contributed by atoms with Crippen LogP contribution < -0.4 is 16.0 Å². The molecule has 0 aliphatic rings. The molecular formula is C15H22F3IN4O. The van der Waals surface area contributed by atoms with E-state index in [9.17, 15) is 18.0 Å². The van der Waals surface area contributed by atoms with Crippen molar-refractivity contribution in [1.29, 1.82) is 0 Å². The van der Waals surface area contributed by atoms with Gasteiger partial charge in [0.1, 0.15) is 0 Å². The molecule has 0 heterocycles. The summed E-state index contributed by atoms with van der Waals surface area (Å²) >= 11 is 0. The summed E-state index contributed by atoms with van der Waals surface area (Å²) in [5.41, 5.74) is 1.30. The van der Waals surface area contributed by atoms with E-state index in [1.165, 1.54) is 0 Å². The highest BCUT2D eigenvalue weighted by molar-refractivity contribution is 14.0. The summed E-state index contributed by atoms with van der Waals surface area (Å²) in [6.45, 7) is 2.38. The van der Waals surface area contributed by atoms with E-state index in [0.29, 0.717) is 18.1 Å². The predicted octanol–water partition coefficient (Wildman–Crippen LogP) is 2.67. The highest BCUT2D eigenvalue weighted by Gasteiger charge is 2.26. The number of nitrogens with one attached hydrogen (secondary N) is 3. The van der Waals surface area contributed by atoms with Crippen molar-refractivity contribution in [2.75, 3.05) is 20.1 Å². The number of halogens is 4. The maximum Gasteiger partial charge on any atom is 0.390 e. The normalized spacial score (nSPS) is 11.5. The second kappa shape index (κ2) is 11.1. The number of rotatable bonds is 6. The second-order valence-corrected chi connectivity index (χ2v) is 4.77. The van der Waals surface area contributed by atoms with Crippen molar-refractivity contribution in [1.82, 2.24) is 16.0 Å². The molecule has 0 saturated heterocycles. The van der Waals surface area contributed by atoms with Crippen molar-refractivity contribution < 1.29 is 18.0 Å². The van der Waals surface area contributed by atoms with E-state index in [1.54, 1.807) is 31.3 Å². The number of guanidine groups is 1. The van der Waals surface area contributed by atoms with Crippen LogP contribution in [0.3, 0.4) is 0 Å². The maximum atomic E-state index is 12.2. The summed E-state index contributed by atoms with van der Waals surface area (Å²) in [4.78, 5) is 15.8. The molecule has 0 aliphatic heterocycles. The lowest BCUT2D eigenvalue weighted by Crippen LogP contribution is -2.38. The van der Waals surface area contributed by atoms with Crippen LogP contribution in [0.1, 0.15) is 29.3 Å². The van der Waals surface area contributed by atoms with E-state index < -0.39 is 12.6 Å². The van der Waals surface area contributed by atoms with Gasteiger partial charge in [0.05, 0.1) is 13.0 Å². The van der Waals surface area contributed by atoms with Gasteiger partial charge in [-0.2, -0.15) is 13.2 Å². The Balaban J connectivity index is 0.00000529. The first-order valence-electron chi connectivity index (χ1n) is 7.25. The van der Waals surface area contributed by atoms with Gasteiger partial charge in [-0.3, -0.25) is 4.79 Å². The Morgan fingerprint density at radius 2 is 1.96 bits per heavy atom. The minimum absolute atomic E-state index is 0. The predicted molar refractivity (Wildman–Crippen MR) is 98.7 cm³/mol. The molecule has 5 nitrogen and oxygen atoms in total. The summed E-state index contributed by atoms with van der Waals surface area (Å²) < 4.78 is 36.5. The Morgan fingerprint density at radius 1 is 1.25 bits per heavy atom. The minimum Gasteiger partial charge on any atom is -0.357 e. The van der Waals surface area contributed by atoms with Gasteiger partial charge in [-0.15, -0.1) is 24.0 Å². The zero-order chi connectivity index (χ0) is 17.3. The van der Waals surface area contributed by atoms with E-state index in [1.807, 2.05) is 6.92 Å². The smallest absolute Gasteiger partial charge is 0.357 e. The number of hydrogen-bond donors (Lipinski definition) is 3. The molecule has 3 N–H and O–H groups in total. The van der Waals surface area contributed by atoms with Crippen LogP contribution in [0.15, 0.2) is 29.3 Å². The SMILES string of the molecule is CCNC(=NCc1cccc(C(=O)NC)c1)NCCC(F)(F)F.I. The molecule has 0 atom stereocenters. The van der Waals surface area contributed by atoms with Gasteiger partial charge in [-0.05, 0) is 24.6 Å². The third-order valence-corrected chi connectivity index (χ3v) is 2.88. The maximum absolute atomic E-state index is 12.2. The topological polar surface area (TPSA) is 65.5 Å². The largest absolute Gasteiger partial charge is 0.390 e. The van der Waals surface area contributed by atoms with Crippen LogP contribution in [0, 0.1) is 0 Å². The first-order valence-corrected chi connectivity index (χ1v) is 7.25. The van der Waals surface area contributed by atoms with Crippen molar-refractivity contribution >= 4 is 35.8 Å². The fourth-order valence-corrected chi connectivity index (χ4v) is 1.79. The first kappa shape index (κ1) is 22.5. The number of hydrogen-bond acceptors (Lipinski definition) is 2. The van der Waals surface area contributed by atoms with Crippen molar-refractivity contribution in [3.05, 3.63) is 35.4 Å². The van der Waals surface area contributed by atoms with Gasteiger partial charge >= 0.3 is 6.18 Å². The van der Waals surface area contributed by atoms with Gasteiger partial charge in [-0.1, -0.05) is 12.1 Å². The molecule has 0 unspecified atom stereocenters. The molecular weight excluding hydrogens is 436 g/mol. The van der Waals surface area contributed by atoms with Crippen LogP contribution in [0.2, 0.25) is 0 Å². The van der Waals surface area contributed by atoms with Crippen LogP contribution >= 0.6 is 24.0 Å². The number of carbonyl (C=O) groups is 1. The Kier molecular flexibility index (Phi) is 10.4. The Labute approximate surface area is 156 Å². The van der Waals surface area contributed by atoms with E-state index in [4.69, 9.17) is 0 Å². The zero-order valence-electron chi connectivity index (χ0n) is 13.5. The van der Waals surface area contributed by atoms with Gasteiger partial charge in [0.25, 0.3) is 5.91 Å². The summed E-state index contributed by atoms with van der Waals surface area (Å²) in [6, 6.07) is 6.91. The molecule has 0 spiro atoms. The minimum atomic E-state index is -4.20. The number of amides is 1. The van der Waals surface area contributed by atoms with Crippen LogP contribution in [0.25, 0.3) is 0 Å². The third kappa shape index (κ3) is 8.94. The number of nitrogens with zero attached hydrogens (tertiary/aromatic N) is 1. The summed E-state index contributed by atoms with van der Waals surface area (Å²) in [6.07, 6.45) is -5.13. The summed E-state index contributed by atoms with van der Waals surface area (Å²) in [5, 5.41) is 8.05. The second-order valence-electron chi connectivity index (χ2n) is 4.77. The van der Waals surface area contributed by atoms with E-state index in [0.717, 1.165) is 5.56 Å². The molecule has 24 heavy (non-hydrogen) atoms. The van der Waals surface area contributed by atoms with E-state index in [2.05, 4.69) is 20.9 Å². The lowest BCUT2D eigenvalue weighted by Gasteiger charge is -2.12. The molecule has 1 aromatic rings. The van der Waals surface area contributed by atoms with Crippen molar-refractivity contribution in [2.24, 2.45) is 4.99 Å². The quantitative estimate of drug-likeness (QED) is 0.349. The standard InChI is InChI=1S/C15H21F3N4O.HI/c1-3-20-14(21-8-7-15(16,17)18)22-10-11-5-4-6-12(9-11)13(23)19-2;/h4-6,9H,3,7-8,10H2,1-2H3,(H,19,23)(H2,20,21,22);1H. The van der Waals surface area contributed by atoms with Crippen LogP contribution in [-0.4, -0.2) is 38.2 Å². The number of alkyl halides is 3. The molecule has 136 valence electrons. The van der Waals surface area contributed by atoms with E-state index >= 15 is 0 Å². The lowest BCUT2D eigenvalue weighted by atomic mass is 10.1. The van der Waals surface area contributed by atoms with Gasteiger partial charge in [-0.25, -0.2) is 4.99 Å². The molecule has 0 aromatic heterocycles. The molecule has 0 bridgehead atoms. The van der Waals surface area contributed by atoms with Gasteiger partial charge in [0.2, 0.25) is 0 Å². The summed E-state index contributed by atoms with van der Waals surface area (Å²) in [5.74, 6) is 0.105. The number of benzene rings is 1. The first-order chi connectivity index (χ1) is 10.9. The zero-order valence-corrected chi connectivity index (χ0v) is 15.9. The number of carbonyl (C=O) groups excluding carboxylic acids is 1. The van der Waals surface area contributed by atoms with Crippen molar-refractivity contribution in [2.45, 2.75) is 26.1 Å². The lowest BCUT2D eigenvalue weighted by molar-refractivity contribution is -0.132. The summed E-state index contributed by atoms with van der Waals surface area (Å²) in [7, 11) is 1.54. The molecule has 0 fully saturated rings. The monoisotopic (exact) mass is 458 g/mol. The van der Waals surface area contributed by atoms with Gasteiger partial charge in [0, 0.05) is 25.7 Å². The number of aliphatic imine (C=N–C) groups is 1. The fourth-order valence-electron chi connectivity index (χ4n) is 1.79. The molecule has 0 aliphatic carbocycles. The highest BCUT2D eigenvalue weighted by Crippen LogP contribution is 2.18. The van der Waals surface area contributed by atoms with Gasteiger partial charge < -0.3 is 16.0 Å². The fraction of sp³-hybridized carbons (Fsp3) is 0.467. The van der Waals surface area contributed by atoms with Crippen LogP contribution in [-0.2, 0) is 6.54 Å². The molecule has 1 rings (SSSR count). The van der Waals surface area contributed by atoms with Crippen molar-refractivity contribution in [3.63, 3.8) is 0 Å². The molecule has 0 radical (unpaired) electrons. The third-order valence-electron chi connectivity index (χ3n) is 2.88. The Hall–Kier alpha value is -1.52. The highest BCUT2D eigenvalue weighted by atomic mass is 127. The van der Waals surface area contributed by atoms with E-state index in [-0.39, 0.29) is 43.0 Å². The Morgan fingerprint density at radius 3 is 2.54 bits per heavy atom. The van der Waals surface area contributed by atoms with Crippen molar-refractivity contribution in [3.8, 4) is 0 Å². The van der Waals surface area contributed by atoms with Crippen LogP contribution in [0.5, 0.6) is 0 Å². The van der Waals surface area contributed by atoms with Gasteiger partial charge in [0.15, 0.2) is 5.96 Å². The molecule has 1 aromatic carbocycles. The molecule has 9 heteroatoms.